The van der Waals surface area contributed by atoms with Gasteiger partial charge >= 0.3 is 0 Å². The van der Waals surface area contributed by atoms with Crippen molar-refractivity contribution in [1.82, 2.24) is 0 Å². The third-order valence-corrected chi connectivity index (χ3v) is 2.87. The molecule has 1 aromatic carbocycles. The van der Waals surface area contributed by atoms with Crippen molar-refractivity contribution in [1.29, 1.82) is 0 Å². The van der Waals surface area contributed by atoms with Crippen molar-refractivity contribution < 1.29 is 9.13 Å². The highest BCUT2D eigenvalue weighted by molar-refractivity contribution is 7.14. The Bertz CT molecular complexity index is 481. The lowest BCUT2D eigenvalue weighted by molar-refractivity contribution is 0.386. The number of methoxy groups -OCH3 is 1. The second kappa shape index (κ2) is 3.90. The molecule has 78 valence electrons. The van der Waals surface area contributed by atoms with E-state index >= 15 is 0 Å². The van der Waals surface area contributed by atoms with Crippen molar-refractivity contribution in [3.05, 3.63) is 35.5 Å². The van der Waals surface area contributed by atoms with Crippen molar-refractivity contribution in [2.45, 2.75) is 0 Å². The molecule has 4 heteroatoms. The Balaban J connectivity index is 2.42. The van der Waals surface area contributed by atoms with Crippen LogP contribution in [-0.2, 0) is 0 Å². The summed E-state index contributed by atoms with van der Waals surface area (Å²) in [5.41, 5.74) is 7.35. The standard InChI is InChI=1S/C11H10FNOS/c1-14-10-3-2-7(4-9(10)12)8-5-11(13)15-6-8/h2-6H,13H2,1H3. The lowest BCUT2D eigenvalue weighted by atomic mass is 10.1. The smallest absolute Gasteiger partial charge is 0.165 e. The lowest BCUT2D eigenvalue weighted by Crippen LogP contribution is -1.87. The van der Waals surface area contributed by atoms with E-state index in [1.54, 1.807) is 6.07 Å². The van der Waals surface area contributed by atoms with Crippen LogP contribution in [-0.4, -0.2) is 7.11 Å². The van der Waals surface area contributed by atoms with Gasteiger partial charge in [-0.1, -0.05) is 6.07 Å². The normalized spacial score (nSPS) is 10.3. The topological polar surface area (TPSA) is 35.2 Å². The minimum absolute atomic E-state index is 0.252. The van der Waals surface area contributed by atoms with Crippen LogP contribution in [0.5, 0.6) is 5.75 Å². The number of thiophene rings is 1. The average molecular weight is 223 g/mol. The largest absolute Gasteiger partial charge is 0.494 e. The Morgan fingerprint density at radius 2 is 2.07 bits per heavy atom. The van der Waals surface area contributed by atoms with Gasteiger partial charge in [-0.25, -0.2) is 4.39 Å². The zero-order chi connectivity index (χ0) is 10.8. The summed E-state index contributed by atoms with van der Waals surface area (Å²) >= 11 is 1.44. The highest BCUT2D eigenvalue weighted by Gasteiger charge is 2.06. The summed E-state index contributed by atoms with van der Waals surface area (Å²) in [4.78, 5) is 0. The first-order valence-electron chi connectivity index (χ1n) is 4.38. The molecule has 2 nitrogen and oxygen atoms in total. The van der Waals surface area contributed by atoms with E-state index in [0.717, 1.165) is 16.1 Å². The molecule has 1 aromatic heterocycles. The number of benzene rings is 1. The zero-order valence-corrected chi connectivity index (χ0v) is 8.98. The van der Waals surface area contributed by atoms with Crippen LogP contribution in [0.15, 0.2) is 29.6 Å². The average Bonchev–Trinajstić information content (AvgIpc) is 2.65. The summed E-state index contributed by atoms with van der Waals surface area (Å²) in [6.45, 7) is 0. The monoisotopic (exact) mass is 223 g/mol. The van der Waals surface area contributed by atoms with Gasteiger partial charge in [-0.05, 0) is 29.3 Å². The number of halogens is 1. The summed E-state index contributed by atoms with van der Waals surface area (Å²) in [6, 6.07) is 6.69. The fourth-order valence-electron chi connectivity index (χ4n) is 1.35. The third-order valence-electron chi connectivity index (χ3n) is 2.10. The molecule has 0 fully saturated rings. The molecular formula is C11H10FNOS. The van der Waals surface area contributed by atoms with E-state index in [2.05, 4.69) is 0 Å². The molecule has 0 radical (unpaired) electrons. The first kappa shape index (κ1) is 9.98. The molecule has 0 atom stereocenters. The number of ether oxygens (including phenoxy) is 1. The summed E-state index contributed by atoms with van der Waals surface area (Å²) in [5, 5.41) is 2.62. The van der Waals surface area contributed by atoms with E-state index in [1.165, 1.54) is 24.5 Å². The molecule has 0 amide bonds. The maximum absolute atomic E-state index is 13.4. The molecular weight excluding hydrogens is 213 g/mol. The summed E-state index contributed by atoms with van der Waals surface area (Å²) in [7, 11) is 1.45. The van der Waals surface area contributed by atoms with Gasteiger partial charge in [-0.15, -0.1) is 11.3 Å². The van der Waals surface area contributed by atoms with Crippen LogP contribution in [0.3, 0.4) is 0 Å². The van der Waals surface area contributed by atoms with Crippen LogP contribution >= 0.6 is 11.3 Å². The summed E-state index contributed by atoms with van der Waals surface area (Å²) < 4.78 is 18.2. The highest BCUT2D eigenvalue weighted by atomic mass is 32.1. The van der Waals surface area contributed by atoms with E-state index in [9.17, 15) is 4.39 Å². The van der Waals surface area contributed by atoms with E-state index in [1.807, 2.05) is 17.5 Å². The molecule has 15 heavy (non-hydrogen) atoms. The highest BCUT2D eigenvalue weighted by Crippen LogP contribution is 2.29. The quantitative estimate of drug-likeness (QED) is 0.848. The minimum atomic E-state index is -0.361. The predicted octanol–water partition coefficient (Wildman–Crippen LogP) is 3.15. The maximum Gasteiger partial charge on any atom is 0.165 e. The number of nitrogen functional groups attached to an aromatic ring is 1. The van der Waals surface area contributed by atoms with Gasteiger partial charge in [0, 0.05) is 5.38 Å². The fourth-order valence-corrected chi connectivity index (χ4v) is 2.01. The van der Waals surface area contributed by atoms with Crippen molar-refractivity contribution in [3.8, 4) is 16.9 Å². The Morgan fingerprint density at radius 3 is 2.60 bits per heavy atom. The Kier molecular flexibility index (Phi) is 2.60. The van der Waals surface area contributed by atoms with Crippen molar-refractivity contribution in [3.63, 3.8) is 0 Å². The predicted molar refractivity (Wildman–Crippen MR) is 60.7 cm³/mol. The second-order valence-corrected chi connectivity index (χ2v) is 4.03. The van der Waals surface area contributed by atoms with Crippen LogP contribution in [0, 0.1) is 5.82 Å². The van der Waals surface area contributed by atoms with Gasteiger partial charge in [0.15, 0.2) is 11.6 Å². The first-order valence-corrected chi connectivity index (χ1v) is 5.26. The number of anilines is 1. The molecule has 0 aliphatic carbocycles. The second-order valence-electron chi connectivity index (χ2n) is 3.09. The Hall–Kier alpha value is -1.55. The molecule has 0 aliphatic rings. The maximum atomic E-state index is 13.4. The molecule has 0 saturated heterocycles. The summed E-state index contributed by atoms with van der Waals surface area (Å²) in [5.74, 6) is -0.110. The molecule has 2 rings (SSSR count). The van der Waals surface area contributed by atoms with Crippen LogP contribution in [0.4, 0.5) is 9.39 Å². The molecule has 0 aliphatic heterocycles. The van der Waals surface area contributed by atoms with Gasteiger partial charge in [0.25, 0.3) is 0 Å². The van der Waals surface area contributed by atoms with Crippen LogP contribution < -0.4 is 10.5 Å². The van der Waals surface area contributed by atoms with Crippen molar-refractivity contribution >= 4 is 16.3 Å². The number of hydrogen-bond donors (Lipinski definition) is 1. The van der Waals surface area contributed by atoms with Crippen molar-refractivity contribution in [2.75, 3.05) is 12.8 Å². The van der Waals surface area contributed by atoms with Gasteiger partial charge < -0.3 is 10.5 Å². The zero-order valence-electron chi connectivity index (χ0n) is 8.16. The first-order chi connectivity index (χ1) is 7.20. The number of hydrogen-bond acceptors (Lipinski definition) is 3. The Morgan fingerprint density at radius 1 is 1.27 bits per heavy atom. The molecule has 1 heterocycles. The van der Waals surface area contributed by atoms with E-state index in [-0.39, 0.29) is 11.6 Å². The lowest BCUT2D eigenvalue weighted by Gasteiger charge is -2.03. The van der Waals surface area contributed by atoms with Gasteiger partial charge in [0.2, 0.25) is 0 Å². The van der Waals surface area contributed by atoms with Crippen LogP contribution in [0.25, 0.3) is 11.1 Å². The van der Waals surface area contributed by atoms with Gasteiger partial charge in [-0.3, -0.25) is 0 Å². The number of rotatable bonds is 2. The minimum Gasteiger partial charge on any atom is -0.494 e. The third kappa shape index (κ3) is 1.94. The molecule has 0 spiro atoms. The van der Waals surface area contributed by atoms with E-state index < -0.39 is 0 Å². The van der Waals surface area contributed by atoms with Crippen molar-refractivity contribution in [2.24, 2.45) is 0 Å². The molecule has 0 saturated carbocycles. The molecule has 2 aromatic rings. The van der Waals surface area contributed by atoms with E-state index in [0.29, 0.717) is 0 Å². The van der Waals surface area contributed by atoms with Crippen LogP contribution in [0.1, 0.15) is 0 Å². The number of nitrogens with two attached hydrogens (primary N) is 1. The molecule has 0 unspecified atom stereocenters. The van der Waals surface area contributed by atoms with Gasteiger partial charge in [0.05, 0.1) is 12.1 Å². The van der Waals surface area contributed by atoms with Gasteiger partial charge in [0.1, 0.15) is 0 Å². The Labute approximate surface area is 91.1 Å². The molecule has 0 bridgehead atoms. The van der Waals surface area contributed by atoms with Crippen LogP contribution in [0.2, 0.25) is 0 Å². The van der Waals surface area contributed by atoms with E-state index in [4.69, 9.17) is 10.5 Å². The van der Waals surface area contributed by atoms with Gasteiger partial charge in [-0.2, -0.15) is 0 Å². The summed E-state index contributed by atoms with van der Waals surface area (Å²) in [6.07, 6.45) is 0. The molecule has 2 N–H and O–H groups in total. The SMILES string of the molecule is COc1ccc(-c2csc(N)c2)cc1F. The fraction of sp³-hybridized carbons (Fsp3) is 0.0909.